The molecule has 0 unspecified atom stereocenters. The third kappa shape index (κ3) is 7.78. The maximum atomic E-state index is 13.3. The summed E-state index contributed by atoms with van der Waals surface area (Å²) < 4.78 is 17.4. The fourth-order valence-electron chi connectivity index (χ4n) is 6.66. The van der Waals surface area contributed by atoms with Gasteiger partial charge in [-0.15, -0.1) is 0 Å². The Kier molecular flexibility index (Phi) is 9.87. The molecule has 0 aliphatic carbocycles. The summed E-state index contributed by atoms with van der Waals surface area (Å²) in [6, 6.07) is 45.1. The van der Waals surface area contributed by atoms with Crippen LogP contribution < -0.4 is 9.47 Å². The van der Waals surface area contributed by atoms with Gasteiger partial charge in [-0.2, -0.15) is 0 Å². The Morgan fingerprint density at radius 1 is 0.491 bits per heavy atom. The van der Waals surface area contributed by atoms with Crippen LogP contribution in [0.15, 0.2) is 162 Å². The molecule has 7 nitrogen and oxygen atoms in total. The number of carbonyl (C=O) groups excluding carboxylic acids is 2. The Morgan fingerprint density at radius 2 is 0.873 bits per heavy atom. The SMILES string of the molecule is CC(C)(c1ccc(O)cc1)c1ccc(OC(=O)c2cccc(-c3ccoc3-c3cccc(C(=O)Oc4ccc(C(C)(C)c5ccc(O)cc5)cc4)c3)c2)cc1. The quantitative estimate of drug-likeness (QED) is 0.107. The van der Waals surface area contributed by atoms with E-state index in [0.717, 1.165) is 33.4 Å². The van der Waals surface area contributed by atoms with Crippen molar-refractivity contribution >= 4 is 11.9 Å². The molecule has 0 fully saturated rings. The van der Waals surface area contributed by atoms with Crippen LogP contribution in [0, 0.1) is 0 Å². The second kappa shape index (κ2) is 14.9. The van der Waals surface area contributed by atoms with E-state index in [4.69, 9.17) is 13.9 Å². The number of benzene rings is 6. The molecular formula is C48H40O7. The van der Waals surface area contributed by atoms with Gasteiger partial charge in [0.25, 0.3) is 0 Å². The van der Waals surface area contributed by atoms with Crippen LogP contribution in [0.4, 0.5) is 0 Å². The smallest absolute Gasteiger partial charge is 0.343 e. The molecule has 0 aliphatic rings. The van der Waals surface area contributed by atoms with Gasteiger partial charge in [-0.1, -0.05) is 100 Å². The fourth-order valence-corrected chi connectivity index (χ4v) is 6.66. The van der Waals surface area contributed by atoms with E-state index < -0.39 is 11.9 Å². The zero-order valence-electron chi connectivity index (χ0n) is 30.9. The predicted octanol–water partition coefficient (Wildman–Crippen LogP) is 11.1. The first kappa shape index (κ1) is 36.5. The minimum Gasteiger partial charge on any atom is -0.508 e. The van der Waals surface area contributed by atoms with E-state index in [1.54, 1.807) is 91.2 Å². The van der Waals surface area contributed by atoms with Gasteiger partial charge in [0.1, 0.15) is 28.8 Å². The predicted molar refractivity (Wildman–Crippen MR) is 213 cm³/mol. The van der Waals surface area contributed by atoms with Gasteiger partial charge < -0.3 is 24.1 Å². The topological polar surface area (TPSA) is 106 Å². The van der Waals surface area contributed by atoms with Gasteiger partial charge in [0.2, 0.25) is 0 Å². The summed E-state index contributed by atoms with van der Waals surface area (Å²) in [4.78, 5) is 26.6. The standard InChI is InChI=1S/C48H40O7/c1-47(2,35-11-19-39(49)20-12-35)37-15-23-41(24-16-37)54-45(51)33-9-5-7-31(29-33)43-27-28-53-44(43)32-8-6-10-34(30-32)46(52)55-42-25-17-38(18-26-42)48(3,4)36-13-21-40(50)22-14-36/h5-30,49-50H,1-4H3. The minimum atomic E-state index is -0.512. The third-order valence-electron chi connectivity index (χ3n) is 10.2. The lowest BCUT2D eigenvalue weighted by molar-refractivity contribution is 0.0725. The van der Waals surface area contributed by atoms with Crippen LogP contribution in [-0.2, 0) is 10.8 Å². The maximum absolute atomic E-state index is 13.3. The molecule has 0 saturated carbocycles. The number of phenolic OH excluding ortho intramolecular Hbond substituents is 2. The lowest BCUT2D eigenvalue weighted by Crippen LogP contribution is -2.18. The summed E-state index contributed by atoms with van der Waals surface area (Å²) in [6.07, 6.45) is 1.57. The summed E-state index contributed by atoms with van der Waals surface area (Å²) >= 11 is 0. The average molecular weight is 729 g/mol. The van der Waals surface area contributed by atoms with E-state index in [-0.39, 0.29) is 22.3 Å². The van der Waals surface area contributed by atoms with Gasteiger partial charge in [0.05, 0.1) is 17.4 Å². The summed E-state index contributed by atoms with van der Waals surface area (Å²) in [6.45, 7) is 8.39. The van der Waals surface area contributed by atoms with Crippen molar-refractivity contribution in [2.24, 2.45) is 0 Å². The molecule has 0 saturated heterocycles. The molecule has 55 heavy (non-hydrogen) atoms. The highest BCUT2D eigenvalue weighted by Gasteiger charge is 2.25. The van der Waals surface area contributed by atoms with Gasteiger partial charge in [-0.3, -0.25) is 0 Å². The number of hydrogen-bond donors (Lipinski definition) is 2. The molecule has 7 aromatic rings. The number of esters is 2. The Bertz CT molecular complexity index is 2280. The molecule has 2 N–H and O–H groups in total. The molecule has 0 radical (unpaired) electrons. The summed E-state index contributed by atoms with van der Waals surface area (Å²) in [5, 5.41) is 19.4. The lowest BCUT2D eigenvalue weighted by Gasteiger charge is -2.26. The van der Waals surface area contributed by atoms with Crippen LogP contribution in [0.3, 0.4) is 0 Å². The Balaban J connectivity index is 1.03. The first-order chi connectivity index (χ1) is 26.4. The van der Waals surface area contributed by atoms with Crippen molar-refractivity contribution in [3.63, 3.8) is 0 Å². The zero-order valence-corrected chi connectivity index (χ0v) is 30.9. The van der Waals surface area contributed by atoms with Crippen LogP contribution in [0.25, 0.3) is 22.5 Å². The van der Waals surface area contributed by atoms with Crippen molar-refractivity contribution < 1.29 is 33.7 Å². The molecule has 1 aromatic heterocycles. The first-order valence-corrected chi connectivity index (χ1v) is 17.9. The van der Waals surface area contributed by atoms with Gasteiger partial charge >= 0.3 is 11.9 Å². The molecule has 7 heteroatoms. The van der Waals surface area contributed by atoms with Crippen molar-refractivity contribution in [1.82, 2.24) is 0 Å². The molecule has 0 spiro atoms. The van der Waals surface area contributed by atoms with Crippen LogP contribution in [0.5, 0.6) is 23.0 Å². The maximum Gasteiger partial charge on any atom is 0.343 e. The average Bonchev–Trinajstić information content (AvgIpc) is 3.69. The van der Waals surface area contributed by atoms with E-state index in [1.165, 1.54) is 0 Å². The molecule has 0 bridgehead atoms. The van der Waals surface area contributed by atoms with Crippen molar-refractivity contribution in [3.05, 3.63) is 191 Å². The zero-order chi connectivity index (χ0) is 38.7. The highest BCUT2D eigenvalue weighted by Crippen LogP contribution is 2.37. The number of ether oxygens (including phenoxy) is 2. The summed E-state index contributed by atoms with van der Waals surface area (Å²) in [7, 11) is 0. The Labute approximate surface area is 320 Å². The van der Waals surface area contributed by atoms with Gasteiger partial charge in [0.15, 0.2) is 0 Å². The minimum absolute atomic E-state index is 0.216. The summed E-state index contributed by atoms with van der Waals surface area (Å²) in [5.41, 5.74) is 6.38. The molecule has 0 aliphatic heterocycles. The number of rotatable bonds is 10. The molecule has 1 heterocycles. The molecule has 6 aromatic carbocycles. The van der Waals surface area contributed by atoms with E-state index >= 15 is 0 Å². The molecule has 0 atom stereocenters. The van der Waals surface area contributed by atoms with E-state index in [2.05, 4.69) is 27.7 Å². The van der Waals surface area contributed by atoms with Crippen LogP contribution in [0.1, 0.15) is 70.7 Å². The van der Waals surface area contributed by atoms with E-state index in [1.807, 2.05) is 66.7 Å². The van der Waals surface area contributed by atoms with Crippen LogP contribution >= 0.6 is 0 Å². The summed E-state index contributed by atoms with van der Waals surface area (Å²) in [5.74, 6) is 0.787. The van der Waals surface area contributed by atoms with Crippen LogP contribution in [-0.4, -0.2) is 22.2 Å². The van der Waals surface area contributed by atoms with Crippen LogP contribution in [0.2, 0.25) is 0 Å². The van der Waals surface area contributed by atoms with Gasteiger partial charge in [-0.25, -0.2) is 9.59 Å². The van der Waals surface area contributed by atoms with Crippen molar-refractivity contribution in [2.75, 3.05) is 0 Å². The number of hydrogen-bond acceptors (Lipinski definition) is 7. The second-order valence-corrected chi connectivity index (χ2v) is 14.5. The highest BCUT2D eigenvalue weighted by atomic mass is 16.5. The monoisotopic (exact) mass is 728 g/mol. The fraction of sp³-hybridized carbons (Fsp3) is 0.125. The van der Waals surface area contributed by atoms with Crippen molar-refractivity contribution in [1.29, 1.82) is 0 Å². The molecule has 274 valence electrons. The molecule has 7 rings (SSSR count). The number of phenols is 2. The second-order valence-electron chi connectivity index (χ2n) is 14.5. The van der Waals surface area contributed by atoms with Gasteiger partial charge in [-0.05, 0) is 107 Å². The van der Waals surface area contributed by atoms with Crippen molar-refractivity contribution in [2.45, 2.75) is 38.5 Å². The normalized spacial score (nSPS) is 11.6. The first-order valence-electron chi connectivity index (χ1n) is 17.9. The van der Waals surface area contributed by atoms with E-state index in [9.17, 15) is 19.8 Å². The lowest BCUT2D eigenvalue weighted by atomic mass is 9.78. The Hall–Kier alpha value is -6.86. The van der Waals surface area contributed by atoms with E-state index in [0.29, 0.717) is 33.9 Å². The highest BCUT2D eigenvalue weighted by molar-refractivity contribution is 5.95. The molecule has 0 amide bonds. The largest absolute Gasteiger partial charge is 0.508 e. The van der Waals surface area contributed by atoms with Crippen molar-refractivity contribution in [3.8, 4) is 45.4 Å². The third-order valence-corrected chi connectivity index (χ3v) is 10.2. The van der Waals surface area contributed by atoms with Gasteiger partial charge in [0, 0.05) is 22.0 Å². The number of aromatic hydroxyl groups is 2. The number of carbonyl (C=O) groups is 2. The number of furan rings is 1. The Morgan fingerprint density at radius 3 is 1.31 bits per heavy atom. The molecular weight excluding hydrogens is 689 g/mol.